The molecule has 0 aliphatic rings. The molecule has 1 rings (SSSR count). The molecular weight excluding hydrogens is 327 g/mol. The minimum absolute atomic E-state index is 0.0937. The van der Waals surface area contributed by atoms with Gasteiger partial charge in [0.25, 0.3) is 0 Å². The van der Waals surface area contributed by atoms with Crippen LogP contribution in [0, 0.1) is 5.82 Å². The predicted molar refractivity (Wildman–Crippen MR) is 71.0 cm³/mol. The molecule has 0 unspecified atom stereocenters. The fourth-order valence-electron chi connectivity index (χ4n) is 1.21. The van der Waals surface area contributed by atoms with Crippen LogP contribution in [0.2, 0.25) is 0 Å². The lowest BCUT2D eigenvalue weighted by atomic mass is 10.3. The van der Waals surface area contributed by atoms with Gasteiger partial charge in [0.2, 0.25) is 0 Å². The normalized spacial score (nSPS) is 11.8. The summed E-state index contributed by atoms with van der Waals surface area (Å²) in [6.45, 7) is 0.0856. The van der Waals surface area contributed by atoms with Gasteiger partial charge in [0.15, 0.2) is 0 Å². The Balaban J connectivity index is 2.85. The summed E-state index contributed by atoms with van der Waals surface area (Å²) in [7, 11) is -2.37. The second-order valence-corrected chi connectivity index (χ2v) is 6.26. The van der Waals surface area contributed by atoms with Crippen molar-refractivity contribution < 1.29 is 17.9 Å². The van der Waals surface area contributed by atoms with Crippen LogP contribution in [0.3, 0.4) is 0 Å². The number of benzene rings is 1. The molecule has 5 nitrogen and oxygen atoms in total. The van der Waals surface area contributed by atoms with E-state index >= 15 is 0 Å². The average Bonchev–Trinajstić information content (AvgIpc) is 2.30. The number of hydrogen-bond acceptors (Lipinski definition) is 3. The molecule has 18 heavy (non-hydrogen) atoms. The van der Waals surface area contributed by atoms with Gasteiger partial charge in [-0.3, -0.25) is 4.72 Å². The third-order valence-corrected chi connectivity index (χ3v) is 4.38. The fraction of sp³-hybridized carbons (Fsp3) is 0.400. The van der Waals surface area contributed by atoms with Crippen molar-refractivity contribution in [3.63, 3.8) is 0 Å². The van der Waals surface area contributed by atoms with Gasteiger partial charge >= 0.3 is 10.2 Å². The molecule has 0 heterocycles. The molecule has 0 saturated carbocycles. The summed E-state index contributed by atoms with van der Waals surface area (Å²) in [6, 6.07) is 3.72. The van der Waals surface area contributed by atoms with Crippen molar-refractivity contribution in [2.24, 2.45) is 0 Å². The molecule has 0 aromatic heterocycles. The molecule has 2 N–H and O–H groups in total. The van der Waals surface area contributed by atoms with E-state index in [9.17, 15) is 12.8 Å². The zero-order valence-corrected chi connectivity index (χ0v) is 12.1. The van der Waals surface area contributed by atoms with E-state index < -0.39 is 16.0 Å². The molecule has 8 heteroatoms. The predicted octanol–water partition coefficient (Wildman–Crippen LogP) is 1.56. The van der Waals surface area contributed by atoms with E-state index in [1.54, 1.807) is 0 Å². The Labute approximate surface area is 114 Å². The topological polar surface area (TPSA) is 69.6 Å². The zero-order chi connectivity index (χ0) is 13.8. The summed E-state index contributed by atoms with van der Waals surface area (Å²) in [6.07, 6.45) is 0.335. The van der Waals surface area contributed by atoms with Crippen LogP contribution in [0.15, 0.2) is 22.7 Å². The maximum Gasteiger partial charge on any atom is 0.301 e. The first-order valence-electron chi connectivity index (χ1n) is 5.17. The second kappa shape index (κ2) is 6.46. The third kappa shape index (κ3) is 4.20. The van der Waals surface area contributed by atoms with Crippen molar-refractivity contribution in [1.29, 1.82) is 0 Å². The van der Waals surface area contributed by atoms with E-state index in [2.05, 4.69) is 20.7 Å². The second-order valence-electron chi connectivity index (χ2n) is 3.63. The molecule has 0 radical (unpaired) electrons. The molecule has 0 amide bonds. The Morgan fingerprint density at radius 1 is 1.50 bits per heavy atom. The van der Waals surface area contributed by atoms with Gasteiger partial charge in [-0.1, -0.05) is 0 Å². The number of aliphatic hydroxyl groups excluding tert-OH is 1. The van der Waals surface area contributed by atoms with Crippen LogP contribution in [0.25, 0.3) is 0 Å². The van der Waals surface area contributed by atoms with Crippen molar-refractivity contribution in [3.05, 3.63) is 28.5 Å². The van der Waals surface area contributed by atoms with E-state index in [4.69, 9.17) is 5.11 Å². The molecular formula is C10H14BrFN2O3S. The standard InChI is InChI=1S/C10H14BrFN2O3S/c1-14(5-2-6-15)18(16,17)13-10-7-8(12)3-4-9(10)11/h3-4,7,13,15H,2,5-6H2,1H3. The highest BCUT2D eigenvalue weighted by molar-refractivity contribution is 9.10. The summed E-state index contributed by atoms with van der Waals surface area (Å²) >= 11 is 3.13. The van der Waals surface area contributed by atoms with Gasteiger partial charge in [-0.2, -0.15) is 12.7 Å². The van der Waals surface area contributed by atoms with E-state index in [-0.39, 0.29) is 18.8 Å². The van der Waals surface area contributed by atoms with Crippen molar-refractivity contribution in [3.8, 4) is 0 Å². The third-order valence-electron chi connectivity index (χ3n) is 2.21. The number of anilines is 1. The lowest BCUT2D eigenvalue weighted by Gasteiger charge is -2.18. The van der Waals surface area contributed by atoms with Gasteiger partial charge in [-0.05, 0) is 40.5 Å². The van der Waals surface area contributed by atoms with Crippen LogP contribution in [0.1, 0.15) is 6.42 Å². The Hall–Kier alpha value is -0.700. The van der Waals surface area contributed by atoms with Crippen molar-refractivity contribution in [1.82, 2.24) is 4.31 Å². The molecule has 1 aromatic carbocycles. The minimum atomic E-state index is -3.75. The lowest BCUT2D eigenvalue weighted by Crippen LogP contribution is -2.33. The maximum atomic E-state index is 13.0. The average molecular weight is 341 g/mol. The summed E-state index contributed by atoms with van der Waals surface area (Å²) in [4.78, 5) is 0. The lowest BCUT2D eigenvalue weighted by molar-refractivity contribution is 0.276. The summed E-state index contributed by atoms with van der Waals surface area (Å²) in [5, 5.41) is 8.65. The molecule has 0 saturated heterocycles. The quantitative estimate of drug-likeness (QED) is 0.825. The summed E-state index contributed by atoms with van der Waals surface area (Å²) in [5.41, 5.74) is 0.130. The van der Waals surface area contributed by atoms with E-state index in [1.165, 1.54) is 19.2 Å². The number of nitrogens with zero attached hydrogens (tertiary/aromatic N) is 1. The summed E-state index contributed by atoms with van der Waals surface area (Å²) < 4.78 is 40.5. The monoisotopic (exact) mass is 340 g/mol. The van der Waals surface area contributed by atoms with Crippen LogP contribution in [0.4, 0.5) is 10.1 Å². The largest absolute Gasteiger partial charge is 0.396 e. The van der Waals surface area contributed by atoms with Crippen LogP contribution in [-0.2, 0) is 10.2 Å². The molecule has 0 aliphatic carbocycles. The first-order valence-corrected chi connectivity index (χ1v) is 7.40. The van der Waals surface area contributed by atoms with Gasteiger partial charge in [-0.25, -0.2) is 4.39 Å². The Morgan fingerprint density at radius 3 is 2.78 bits per heavy atom. The number of rotatable bonds is 6. The van der Waals surface area contributed by atoms with Crippen LogP contribution >= 0.6 is 15.9 Å². The molecule has 0 atom stereocenters. The number of aliphatic hydroxyl groups is 1. The van der Waals surface area contributed by atoms with Gasteiger partial charge in [0.1, 0.15) is 5.82 Å². The summed E-state index contributed by atoms with van der Waals surface area (Å²) in [5.74, 6) is -0.533. The molecule has 1 aromatic rings. The molecule has 102 valence electrons. The van der Waals surface area contributed by atoms with Crippen LogP contribution < -0.4 is 4.72 Å². The number of halogens is 2. The maximum absolute atomic E-state index is 13.0. The fourth-order valence-corrected chi connectivity index (χ4v) is 2.66. The van der Waals surface area contributed by atoms with E-state index in [0.717, 1.165) is 10.4 Å². The number of hydrogen-bond donors (Lipinski definition) is 2. The highest BCUT2D eigenvalue weighted by Gasteiger charge is 2.18. The highest BCUT2D eigenvalue weighted by atomic mass is 79.9. The first-order chi connectivity index (χ1) is 8.36. The molecule has 0 bridgehead atoms. The molecule has 0 spiro atoms. The van der Waals surface area contributed by atoms with Crippen LogP contribution in [-0.4, -0.2) is 38.0 Å². The molecule has 0 aliphatic heterocycles. The van der Waals surface area contributed by atoms with Crippen LogP contribution in [0.5, 0.6) is 0 Å². The van der Waals surface area contributed by atoms with Crippen molar-refractivity contribution in [2.45, 2.75) is 6.42 Å². The van der Waals surface area contributed by atoms with E-state index in [1.807, 2.05) is 0 Å². The Morgan fingerprint density at radius 2 is 2.17 bits per heavy atom. The minimum Gasteiger partial charge on any atom is -0.396 e. The zero-order valence-electron chi connectivity index (χ0n) is 9.73. The van der Waals surface area contributed by atoms with Gasteiger partial charge in [0, 0.05) is 24.7 Å². The number of nitrogens with one attached hydrogen (secondary N) is 1. The first kappa shape index (κ1) is 15.4. The SMILES string of the molecule is CN(CCCO)S(=O)(=O)Nc1cc(F)ccc1Br. The van der Waals surface area contributed by atoms with Gasteiger partial charge < -0.3 is 5.11 Å². The Kier molecular flexibility index (Phi) is 5.51. The highest BCUT2D eigenvalue weighted by Crippen LogP contribution is 2.24. The molecule has 0 fully saturated rings. The Bertz CT molecular complexity index is 510. The van der Waals surface area contributed by atoms with Crippen molar-refractivity contribution >= 4 is 31.8 Å². The van der Waals surface area contributed by atoms with E-state index in [0.29, 0.717) is 10.9 Å². The van der Waals surface area contributed by atoms with Crippen molar-refractivity contribution in [2.75, 3.05) is 24.9 Å². The van der Waals surface area contributed by atoms with Gasteiger partial charge in [0.05, 0.1) is 5.69 Å². The van der Waals surface area contributed by atoms with Gasteiger partial charge in [-0.15, -0.1) is 0 Å². The smallest absolute Gasteiger partial charge is 0.301 e.